The van der Waals surface area contributed by atoms with Crippen molar-refractivity contribution in [3.05, 3.63) is 229 Å². The maximum absolute atomic E-state index is 4.68. The van der Waals surface area contributed by atoms with E-state index in [0.717, 1.165) is 19.3 Å². The predicted octanol–water partition coefficient (Wildman–Crippen LogP) is 12.9. The second kappa shape index (κ2) is 14.0. The zero-order valence-corrected chi connectivity index (χ0v) is 38.6. The Morgan fingerprint density at radius 3 is 2.20 bits per heavy atom. The van der Waals surface area contributed by atoms with E-state index in [2.05, 4.69) is 210 Å². The average Bonchev–Trinajstić information content (AvgIpc) is 4.01. The molecule has 0 saturated carbocycles. The highest BCUT2D eigenvalue weighted by atomic mass is 32.2. The number of fused-ring (bicyclic) bond motifs is 12. The lowest BCUT2D eigenvalue weighted by Crippen LogP contribution is -2.38. The Morgan fingerprint density at radius 2 is 1.43 bits per heavy atom. The van der Waals surface area contributed by atoms with Gasteiger partial charge in [-0.05, 0) is 126 Å². The number of nitrogens with one attached hydrogen (secondary N) is 1. The number of allylic oxidation sites excluding steroid dienone is 6. The molecule has 1 radical (unpaired) electrons. The summed E-state index contributed by atoms with van der Waals surface area (Å²) in [6.07, 6.45) is 12.3. The van der Waals surface area contributed by atoms with Crippen LogP contribution in [0.15, 0.2) is 173 Å². The number of aromatic amines is 1. The lowest BCUT2D eigenvalue weighted by atomic mass is 9.55. The van der Waals surface area contributed by atoms with Gasteiger partial charge < -0.3 is 9.88 Å². The molecule has 1 unspecified atom stereocenters. The maximum Gasteiger partial charge on any atom is 0.197 e. The number of thioether (sulfide) groups is 1. The van der Waals surface area contributed by atoms with Crippen LogP contribution in [0.25, 0.3) is 40.0 Å². The van der Waals surface area contributed by atoms with E-state index in [0.29, 0.717) is 0 Å². The Balaban J connectivity index is 1.09. The number of hydrogen-bond donors (Lipinski definition) is 1. The summed E-state index contributed by atoms with van der Waals surface area (Å²) in [4.78, 5) is 9.39. The molecule has 4 heteroatoms. The van der Waals surface area contributed by atoms with Gasteiger partial charge in [0, 0.05) is 61.3 Å². The number of hydrogen-bond acceptors (Lipinski definition) is 2. The van der Waals surface area contributed by atoms with Gasteiger partial charge in [0.1, 0.15) is 0 Å². The molecular weight excluding hydrogens is 804 g/mol. The van der Waals surface area contributed by atoms with E-state index in [-0.39, 0.29) is 16.7 Å². The molecule has 2 nitrogen and oxygen atoms in total. The fourth-order valence-corrected chi connectivity index (χ4v) is 13.6. The van der Waals surface area contributed by atoms with E-state index in [1.165, 1.54) is 132 Å². The molecule has 13 rings (SSSR count). The summed E-state index contributed by atoms with van der Waals surface area (Å²) in [6, 6.07) is 48.2. The lowest BCUT2D eigenvalue weighted by molar-refractivity contribution is 0.660. The first-order valence-electron chi connectivity index (χ1n) is 23.4. The number of benzene rings is 6. The molecule has 7 aromatic rings. The SMILES string of the molecule is C=C/C(C1=CCCc2c1[nH]c1c2C(C)C=c2ccccc2=C1)=C1/[B]c2cc3c(cc2N(c2ccc4c(c2)-c2ccccc2C4(C)C)/C1=C1/Cc2ccccc2S1)-c1ccccc1C3(C)C. The summed E-state index contributed by atoms with van der Waals surface area (Å²) in [5.41, 5.74) is 25.8. The fourth-order valence-electron chi connectivity index (χ4n) is 12.4. The summed E-state index contributed by atoms with van der Waals surface area (Å²) in [7, 11) is 2.52. The van der Waals surface area contributed by atoms with Crippen molar-refractivity contribution in [2.45, 2.75) is 75.5 Å². The Kier molecular flexibility index (Phi) is 8.39. The molecule has 4 aliphatic carbocycles. The highest BCUT2D eigenvalue weighted by Crippen LogP contribution is 2.55. The number of aromatic nitrogens is 1. The van der Waals surface area contributed by atoms with E-state index in [1.807, 2.05) is 11.8 Å². The number of rotatable bonds is 3. The Bertz CT molecular complexity index is 3490. The van der Waals surface area contributed by atoms with Crippen molar-refractivity contribution in [3.63, 3.8) is 0 Å². The van der Waals surface area contributed by atoms with Gasteiger partial charge in [0.15, 0.2) is 7.28 Å². The van der Waals surface area contributed by atoms with Crippen molar-refractivity contribution >= 4 is 53.6 Å². The van der Waals surface area contributed by atoms with Gasteiger partial charge in [0.2, 0.25) is 0 Å². The van der Waals surface area contributed by atoms with Gasteiger partial charge in [0.25, 0.3) is 0 Å². The molecule has 1 aromatic heterocycles. The number of nitrogens with zero attached hydrogens (tertiary/aromatic N) is 1. The summed E-state index contributed by atoms with van der Waals surface area (Å²) in [6.45, 7) is 16.6. The number of H-pyrrole nitrogens is 1. The molecule has 0 bridgehead atoms. The molecule has 0 spiro atoms. The first kappa shape index (κ1) is 38.9. The third kappa shape index (κ3) is 5.56. The van der Waals surface area contributed by atoms with Gasteiger partial charge in [-0.2, -0.15) is 0 Å². The second-order valence-electron chi connectivity index (χ2n) is 19.9. The smallest absolute Gasteiger partial charge is 0.197 e. The highest BCUT2D eigenvalue weighted by molar-refractivity contribution is 8.03. The van der Waals surface area contributed by atoms with Gasteiger partial charge in [-0.25, -0.2) is 0 Å². The van der Waals surface area contributed by atoms with Crippen molar-refractivity contribution in [2.75, 3.05) is 4.90 Å². The van der Waals surface area contributed by atoms with E-state index in [4.69, 9.17) is 0 Å². The minimum atomic E-state index is -0.138. The van der Waals surface area contributed by atoms with E-state index in [9.17, 15) is 0 Å². The van der Waals surface area contributed by atoms with Gasteiger partial charge in [0.05, 0.1) is 5.70 Å². The fraction of sp³-hybridized carbons (Fsp3) is 0.180. The predicted molar refractivity (Wildman–Crippen MR) is 275 cm³/mol. The van der Waals surface area contributed by atoms with Crippen LogP contribution in [0.2, 0.25) is 0 Å². The molecule has 65 heavy (non-hydrogen) atoms. The summed E-state index contributed by atoms with van der Waals surface area (Å²) >= 11 is 1.94. The molecule has 0 fully saturated rings. The zero-order valence-electron chi connectivity index (χ0n) is 37.8. The van der Waals surface area contributed by atoms with Gasteiger partial charge in [-0.3, -0.25) is 0 Å². The summed E-state index contributed by atoms with van der Waals surface area (Å²) in [5.74, 6) is 0.281. The van der Waals surface area contributed by atoms with Crippen LogP contribution in [0.5, 0.6) is 0 Å². The van der Waals surface area contributed by atoms with E-state index < -0.39 is 0 Å². The van der Waals surface area contributed by atoms with Crippen LogP contribution in [0.3, 0.4) is 0 Å². The molecule has 313 valence electrons. The summed E-state index contributed by atoms with van der Waals surface area (Å²) < 4.78 is 0. The van der Waals surface area contributed by atoms with Crippen LogP contribution in [-0.4, -0.2) is 12.3 Å². The first-order valence-corrected chi connectivity index (χ1v) is 24.2. The van der Waals surface area contributed by atoms with Gasteiger partial charge in [-0.15, -0.1) is 0 Å². The molecule has 1 N–H and O–H groups in total. The van der Waals surface area contributed by atoms with Crippen LogP contribution in [0, 0.1) is 0 Å². The Hall–Kier alpha value is -6.49. The van der Waals surface area contributed by atoms with Crippen molar-refractivity contribution in [3.8, 4) is 22.3 Å². The van der Waals surface area contributed by atoms with Crippen molar-refractivity contribution < 1.29 is 0 Å². The van der Waals surface area contributed by atoms with E-state index >= 15 is 0 Å². The molecule has 0 saturated heterocycles. The average molecular weight is 854 g/mol. The maximum atomic E-state index is 4.68. The highest BCUT2D eigenvalue weighted by Gasteiger charge is 2.42. The molecule has 6 aromatic carbocycles. The largest absolute Gasteiger partial charge is 0.355 e. The Morgan fingerprint density at radius 1 is 0.754 bits per heavy atom. The lowest BCUT2D eigenvalue weighted by Gasteiger charge is -2.39. The van der Waals surface area contributed by atoms with Crippen molar-refractivity contribution in [1.82, 2.24) is 4.98 Å². The Labute approximate surface area is 387 Å². The molecule has 2 aliphatic heterocycles. The van der Waals surface area contributed by atoms with Crippen LogP contribution in [-0.2, 0) is 23.7 Å². The normalized spacial score (nSPS) is 20.4. The minimum absolute atomic E-state index is 0.0897. The third-order valence-corrected chi connectivity index (χ3v) is 16.8. The van der Waals surface area contributed by atoms with E-state index in [1.54, 1.807) is 0 Å². The van der Waals surface area contributed by atoms with Crippen LogP contribution < -0.4 is 20.8 Å². The van der Waals surface area contributed by atoms with Crippen LogP contribution in [0.1, 0.15) is 97.3 Å². The molecule has 1 atom stereocenters. The van der Waals surface area contributed by atoms with Crippen molar-refractivity contribution in [2.24, 2.45) is 0 Å². The standard InChI is InChI=1S/C61H50BN2S/c1-7-40(43-22-16-23-44-56-35(2)29-36-17-8-9-18-37(36)30-52(56)63-58(43)44)57-59(55-31-38-19-10-15-26-54(38)65-55)64(39-27-28-49-45(32-39)41-20-11-13-24-47(41)60(49,3)4)53-33-46-42-21-12-14-25-48(42)61(5,6)50(46)34-51(53)62-57/h7-15,17-22,24-30,32-35,63H,1,16,23,31H2,2-6H3/b57-40-,59-55-. The van der Waals surface area contributed by atoms with Gasteiger partial charge >= 0.3 is 0 Å². The second-order valence-corrected chi connectivity index (χ2v) is 21.0. The third-order valence-electron chi connectivity index (χ3n) is 15.6. The zero-order chi connectivity index (χ0) is 43.9. The molecule has 3 heterocycles. The van der Waals surface area contributed by atoms with Crippen LogP contribution >= 0.6 is 11.8 Å². The van der Waals surface area contributed by atoms with Crippen LogP contribution in [0.4, 0.5) is 11.4 Å². The van der Waals surface area contributed by atoms with Crippen molar-refractivity contribution in [1.29, 1.82) is 0 Å². The minimum Gasteiger partial charge on any atom is -0.355 e. The molecule has 0 amide bonds. The summed E-state index contributed by atoms with van der Waals surface area (Å²) in [5, 5.41) is 2.57. The first-order chi connectivity index (χ1) is 31.6. The quantitative estimate of drug-likeness (QED) is 0.179. The molecule has 6 aliphatic rings. The topological polar surface area (TPSA) is 19.0 Å². The monoisotopic (exact) mass is 853 g/mol. The van der Waals surface area contributed by atoms with Gasteiger partial charge in [-0.1, -0.05) is 180 Å². The molecular formula is C61H50BN2S. The number of anilines is 2.